The summed E-state index contributed by atoms with van der Waals surface area (Å²) in [5, 5.41) is 3.26. The third kappa shape index (κ3) is 2.66. The largest absolute Gasteiger partial charge is 0.487 e. The Morgan fingerprint density at radius 3 is 2.50 bits per heavy atom. The Morgan fingerprint density at radius 2 is 1.90 bits per heavy atom. The Morgan fingerprint density at radius 1 is 1.25 bits per heavy atom. The van der Waals surface area contributed by atoms with Crippen LogP contribution in [0, 0.1) is 0 Å². The van der Waals surface area contributed by atoms with Crippen LogP contribution in [0.2, 0.25) is 0 Å². The molecule has 2 aliphatic rings. The van der Waals surface area contributed by atoms with Gasteiger partial charge in [-0.25, -0.2) is 0 Å². The predicted octanol–water partition coefficient (Wildman–Crippen LogP) is 2.37. The van der Waals surface area contributed by atoms with E-state index in [4.69, 9.17) is 9.31 Å². The predicted molar refractivity (Wildman–Crippen MR) is 80.1 cm³/mol. The van der Waals surface area contributed by atoms with Crippen molar-refractivity contribution in [2.45, 2.75) is 44.9 Å². The van der Waals surface area contributed by atoms with Crippen LogP contribution in [-0.2, 0) is 9.31 Å². The first-order valence-corrected chi connectivity index (χ1v) is 7.12. The molecular weight excluding hydrogens is 251 g/mol. The minimum absolute atomic E-state index is 0.296. The maximum atomic E-state index is 5.93. The Kier molecular flexibility index (Phi) is 3.24. The lowest BCUT2D eigenvalue weighted by atomic mass is 9.89. The molecule has 3 heterocycles. The van der Waals surface area contributed by atoms with Gasteiger partial charge in [-0.15, -0.1) is 0 Å². The number of hydrogen-bond donors (Lipinski definition) is 1. The maximum absolute atomic E-state index is 5.93. The van der Waals surface area contributed by atoms with Crippen molar-refractivity contribution < 1.29 is 9.31 Å². The first kappa shape index (κ1) is 13.8. The fourth-order valence-electron chi connectivity index (χ4n) is 2.17. The molecule has 0 spiro atoms. The molecule has 0 aromatic carbocycles. The molecule has 0 amide bonds. The molecule has 2 aliphatic heterocycles. The van der Waals surface area contributed by atoms with Crippen LogP contribution in [0.25, 0.3) is 6.08 Å². The second-order valence-corrected chi connectivity index (χ2v) is 6.43. The summed E-state index contributed by atoms with van der Waals surface area (Å²) in [6.45, 7) is 9.24. The van der Waals surface area contributed by atoms with E-state index in [1.54, 1.807) is 0 Å². The third-order valence-corrected chi connectivity index (χ3v) is 4.25. The van der Waals surface area contributed by atoms with Gasteiger partial charge >= 0.3 is 7.12 Å². The number of nitrogens with zero attached hydrogens (tertiary/aromatic N) is 1. The van der Waals surface area contributed by atoms with Crippen LogP contribution in [0.3, 0.4) is 0 Å². The lowest BCUT2D eigenvalue weighted by Gasteiger charge is -2.32. The molecule has 1 N–H and O–H groups in total. The van der Waals surface area contributed by atoms with Crippen LogP contribution >= 0.6 is 0 Å². The summed E-state index contributed by atoms with van der Waals surface area (Å²) in [5.74, 6) is 1.93. The van der Waals surface area contributed by atoms with Gasteiger partial charge in [0.1, 0.15) is 0 Å². The average Bonchev–Trinajstić information content (AvgIpc) is 3.16. The van der Waals surface area contributed by atoms with Crippen LogP contribution in [0.15, 0.2) is 24.2 Å². The summed E-state index contributed by atoms with van der Waals surface area (Å²) in [4.78, 5) is 4.61. The van der Waals surface area contributed by atoms with Crippen LogP contribution in [-0.4, -0.2) is 29.8 Å². The monoisotopic (exact) mass is 272 g/mol. The fourth-order valence-corrected chi connectivity index (χ4v) is 2.17. The van der Waals surface area contributed by atoms with E-state index >= 15 is 0 Å². The molecule has 0 radical (unpaired) electrons. The van der Waals surface area contributed by atoms with Crippen LogP contribution in [0.4, 0.5) is 0 Å². The Balaban J connectivity index is 1.70. The molecule has 1 aromatic heterocycles. The van der Waals surface area contributed by atoms with Gasteiger partial charge in [0, 0.05) is 6.54 Å². The van der Waals surface area contributed by atoms with Gasteiger partial charge < -0.3 is 14.6 Å². The second kappa shape index (κ2) is 4.69. The van der Waals surface area contributed by atoms with Gasteiger partial charge in [-0.2, -0.15) is 0 Å². The minimum atomic E-state index is -0.315. The van der Waals surface area contributed by atoms with E-state index in [0.29, 0.717) is 6.04 Å². The van der Waals surface area contributed by atoms with E-state index < -0.39 is 0 Å². The molecule has 5 heteroatoms. The van der Waals surface area contributed by atoms with Gasteiger partial charge in [0.05, 0.1) is 28.6 Å². The van der Waals surface area contributed by atoms with Crippen molar-refractivity contribution in [3.8, 4) is 0 Å². The molecule has 0 saturated carbocycles. The second-order valence-electron chi connectivity index (χ2n) is 6.43. The highest BCUT2D eigenvalue weighted by atomic mass is 16.7. The van der Waals surface area contributed by atoms with E-state index in [1.807, 2.05) is 24.2 Å². The highest BCUT2D eigenvalue weighted by Gasteiger charge is 2.50. The van der Waals surface area contributed by atoms with E-state index in [-0.39, 0.29) is 18.3 Å². The normalized spacial score (nSPS) is 27.2. The van der Waals surface area contributed by atoms with Crippen molar-refractivity contribution in [2.75, 3.05) is 6.54 Å². The SMILES string of the molecule is CC1(C)OB(/C=C/c2cccc([C@H]3CN3)n2)OC1(C)C. The smallest absolute Gasteiger partial charge is 0.400 e. The highest BCUT2D eigenvalue weighted by molar-refractivity contribution is 6.52. The summed E-state index contributed by atoms with van der Waals surface area (Å²) in [7, 11) is -0.315. The van der Waals surface area contributed by atoms with Crippen molar-refractivity contribution >= 4 is 13.2 Å². The molecule has 1 atom stereocenters. The summed E-state index contributed by atoms with van der Waals surface area (Å²) < 4.78 is 11.9. The summed E-state index contributed by atoms with van der Waals surface area (Å²) in [5.41, 5.74) is 1.44. The molecule has 2 saturated heterocycles. The average molecular weight is 272 g/mol. The number of hydrogen-bond acceptors (Lipinski definition) is 4. The van der Waals surface area contributed by atoms with Gasteiger partial charge in [-0.05, 0) is 45.9 Å². The van der Waals surface area contributed by atoms with E-state index in [1.165, 1.54) is 0 Å². The number of nitrogens with one attached hydrogen (secondary N) is 1. The summed E-state index contributed by atoms with van der Waals surface area (Å²) >= 11 is 0. The Hall–Kier alpha value is -1.17. The van der Waals surface area contributed by atoms with Crippen molar-refractivity contribution in [1.29, 1.82) is 0 Å². The molecule has 0 bridgehead atoms. The van der Waals surface area contributed by atoms with Crippen molar-refractivity contribution in [3.05, 3.63) is 35.6 Å². The van der Waals surface area contributed by atoms with Gasteiger partial charge in [-0.3, -0.25) is 4.98 Å². The molecule has 106 valence electrons. The molecule has 2 fully saturated rings. The van der Waals surface area contributed by atoms with Crippen molar-refractivity contribution in [3.63, 3.8) is 0 Å². The lowest BCUT2D eigenvalue weighted by Crippen LogP contribution is -2.41. The zero-order valence-corrected chi connectivity index (χ0v) is 12.5. The van der Waals surface area contributed by atoms with Crippen molar-refractivity contribution in [1.82, 2.24) is 10.3 Å². The number of pyridine rings is 1. The van der Waals surface area contributed by atoms with Crippen LogP contribution in [0.1, 0.15) is 45.1 Å². The first-order valence-electron chi connectivity index (χ1n) is 7.12. The molecule has 0 unspecified atom stereocenters. The Labute approximate surface area is 120 Å². The zero-order chi connectivity index (χ0) is 14.4. The third-order valence-electron chi connectivity index (χ3n) is 4.25. The molecule has 20 heavy (non-hydrogen) atoms. The topological polar surface area (TPSA) is 53.3 Å². The van der Waals surface area contributed by atoms with Gasteiger partial charge in [0.15, 0.2) is 0 Å². The molecule has 4 nitrogen and oxygen atoms in total. The standard InChI is InChI=1S/C15H21BN2O2/c1-14(2)15(3,4)20-16(19-14)9-8-11-6-5-7-12(18-11)13-10-17-13/h5-9,13,17H,10H2,1-4H3/b9-8+/t13-/m1/s1. The van der Waals surface area contributed by atoms with E-state index in [9.17, 15) is 0 Å². The van der Waals surface area contributed by atoms with Crippen molar-refractivity contribution in [2.24, 2.45) is 0 Å². The van der Waals surface area contributed by atoms with Gasteiger partial charge in [-0.1, -0.05) is 12.0 Å². The highest BCUT2D eigenvalue weighted by Crippen LogP contribution is 2.37. The number of rotatable bonds is 3. The Bertz CT molecular complexity index is 522. The zero-order valence-electron chi connectivity index (χ0n) is 12.5. The maximum Gasteiger partial charge on any atom is 0.487 e. The van der Waals surface area contributed by atoms with Crippen LogP contribution < -0.4 is 5.32 Å². The fraction of sp³-hybridized carbons (Fsp3) is 0.533. The van der Waals surface area contributed by atoms with Gasteiger partial charge in [0.2, 0.25) is 0 Å². The summed E-state index contributed by atoms with van der Waals surface area (Å²) in [6.07, 6.45) is 1.97. The molecule has 0 aliphatic carbocycles. The minimum Gasteiger partial charge on any atom is -0.400 e. The lowest BCUT2D eigenvalue weighted by molar-refractivity contribution is 0.00578. The molecule has 3 rings (SSSR count). The first-order chi connectivity index (χ1) is 9.37. The molecular formula is C15H21BN2O2. The molecule has 1 aromatic rings. The van der Waals surface area contributed by atoms with E-state index in [2.05, 4.69) is 44.1 Å². The quantitative estimate of drug-likeness (QED) is 0.678. The number of aromatic nitrogens is 1. The van der Waals surface area contributed by atoms with Gasteiger partial charge in [0.25, 0.3) is 0 Å². The van der Waals surface area contributed by atoms with Crippen LogP contribution in [0.5, 0.6) is 0 Å². The van der Waals surface area contributed by atoms with E-state index in [0.717, 1.165) is 17.9 Å². The summed E-state index contributed by atoms with van der Waals surface area (Å²) in [6, 6.07) is 6.51.